The van der Waals surface area contributed by atoms with Gasteiger partial charge in [-0.15, -0.1) is 0 Å². The van der Waals surface area contributed by atoms with E-state index in [4.69, 9.17) is 0 Å². The van der Waals surface area contributed by atoms with Gasteiger partial charge in [0.25, 0.3) is 0 Å². The van der Waals surface area contributed by atoms with Crippen LogP contribution in [0, 0.1) is 0 Å². The molecule has 0 bridgehead atoms. The summed E-state index contributed by atoms with van der Waals surface area (Å²) < 4.78 is 0. The molecule has 0 saturated carbocycles. The van der Waals surface area contributed by atoms with Gasteiger partial charge in [0, 0.05) is 10.8 Å². The van der Waals surface area contributed by atoms with Crippen LogP contribution in [0.3, 0.4) is 0 Å². The molecule has 1 unspecified atom stereocenters. The van der Waals surface area contributed by atoms with E-state index in [0.717, 1.165) is 34.7 Å². The Bertz CT molecular complexity index is 595. The van der Waals surface area contributed by atoms with Crippen molar-refractivity contribution in [2.75, 3.05) is 0 Å². The third kappa shape index (κ3) is 1.51. The van der Waals surface area contributed by atoms with Gasteiger partial charge in [-0.05, 0) is 18.9 Å². The predicted octanol–water partition coefficient (Wildman–Crippen LogP) is 1.07. The molecule has 1 aromatic rings. The van der Waals surface area contributed by atoms with Gasteiger partial charge < -0.3 is 5.11 Å². The number of allylic oxidation sites excluding steroid dienone is 2. The van der Waals surface area contributed by atoms with Crippen LogP contribution in [0.15, 0.2) is 52.7 Å². The van der Waals surface area contributed by atoms with Crippen molar-refractivity contribution in [2.45, 2.75) is 18.9 Å². The van der Waals surface area contributed by atoms with Crippen LogP contribution >= 0.6 is 0 Å². The normalized spacial score (nSPS) is 22.7. The van der Waals surface area contributed by atoms with Crippen molar-refractivity contribution in [1.82, 2.24) is 0 Å². The predicted molar refractivity (Wildman–Crippen MR) is 63.1 cm³/mol. The van der Waals surface area contributed by atoms with E-state index in [1.165, 1.54) is 0 Å². The summed E-state index contributed by atoms with van der Waals surface area (Å²) in [4.78, 5) is 4.61. The molecule has 2 aliphatic rings. The van der Waals surface area contributed by atoms with Crippen molar-refractivity contribution in [3.8, 4) is 0 Å². The number of benzene rings is 1. The largest absolute Gasteiger partial charge is 0.388 e. The van der Waals surface area contributed by atoms with Gasteiger partial charge >= 0.3 is 0 Å². The maximum absolute atomic E-state index is 9.92. The second-order valence-electron chi connectivity index (χ2n) is 4.14. The number of nitrogens with zero attached hydrogens (tertiary/aromatic N) is 1. The minimum Gasteiger partial charge on any atom is -0.388 e. The molecule has 0 aromatic heterocycles. The Labute approximate surface area is 94.0 Å². The van der Waals surface area contributed by atoms with Gasteiger partial charge in [0.05, 0.1) is 17.2 Å². The molecule has 2 nitrogen and oxygen atoms in total. The maximum atomic E-state index is 9.92. The first-order valence-corrected chi connectivity index (χ1v) is 5.59. The number of hydrogen-bond donors (Lipinski definition) is 1. The summed E-state index contributed by atoms with van der Waals surface area (Å²) in [5.41, 5.74) is 1.88. The van der Waals surface area contributed by atoms with Gasteiger partial charge in [-0.3, -0.25) is 0 Å². The second-order valence-corrected chi connectivity index (χ2v) is 4.14. The first kappa shape index (κ1) is 9.55. The van der Waals surface area contributed by atoms with E-state index < -0.39 is 0 Å². The van der Waals surface area contributed by atoms with Crippen molar-refractivity contribution in [3.05, 3.63) is 58.3 Å². The van der Waals surface area contributed by atoms with Crippen LogP contribution in [0.1, 0.15) is 12.8 Å². The van der Waals surface area contributed by atoms with Crippen molar-refractivity contribution in [2.24, 2.45) is 4.99 Å². The Balaban J connectivity index is 2.27. The molecule has 0 saturated heterocycles. The average Bonchev–Trinajstić information content (AvgIpc) is 2.48. The van der Waals surface area contributed by atoms with Gasteiger partial charge in [0.2, 0.25) is 0 Å². The van der Waals surface area contributed by atoms with Crippen molar-refractivity contribution in [3.63, 3.8) is 0 Å². The fourth-order valence-electron chi connectivity index (χ4n) is 2.17. The van der Waals surface area contributed by atoms with Gasteiger partial charge in [0.1, 0.15) is 0 Å². The standard InChI is InChI=1S/C14H13NO/c16-14-7-3-6-13-11(14)9-8-10-4-1-2-5-12(10)15-13/h1-2,4-6,8-9,14,16H,3,7H2. The van der Waals surface area contributed by atoms with Gasteiger partial charge in [-0.25, -0.2) is 4.99 Å². The summed E-state index contributed by atoms with van der Waals surface area (Å²) in [6.45, 7) is 0. The van der Waals surface area contributed by atoms with Gasteiger partial charge in [-0.1, -0.05) is 36.4 Å². The minimum absolute atomic E-state index is 0.366. The molecule has 1 heterocycles. The van der Waals surface area contributed by atoms with Gasteiger partial charge in [-0.2, -0.15) is 0 Å². The molecular weight excluding hydrogens is 198 g/mol. The first-order chi connectivity index (χ1) is 7.84. The Kier molecular flexibility index (Phi) is 2.22. The summed E-state index contributed by atoms with van der Waals surface area (Å²) >= 11 is 0. The van der Waals surface area contributed by atoms with Crippen LogP contribution in [-0.2, 0) is 0 Å². The van der Waals surface area contributed by atoms with E-state index in [0.29, 0.717) is 0 Å². The van der Waals surface area contributed by atoms with Crippen molar-refractivity contribution >= 4 is 6.08 Å². The maximum Gasteiger partial charge on any atom is 0.0813 e. The molecule has 0 fully saturated rings. The molecule has 3 rings (SSSR count). The fraction of sp³-hybridized carbons (Fsp3) is 0.214. The summed E-state index contributed by atoms with van der Waals surface area (Å²) in [6.07, 6.45) is 7.46. The minimum atomic E-state index is -0.366. The average molecular weight is 211 g/mol. The Morgan fingerprint density at radius 2 is 2.06 bits per heavy atom. The lowest BCUT2D eigenvalue weighted by molar-refractivity contribution is 0.200. The highest BCUT2D eigenvalue weighted by molar-refractivity contribution is 5.49. The van der Waals surface area contributed by atoms with Crippen LogP contribution < -0.4 is 10.6 Å². The monoisotopic (exact) mass is 211 g/mol. The van der Waals surface area contributed by atoms with E-state index in [2.05, 4.69) is 11.1 Å². The van der Waals surface area contributed by atoms with Crippen LogP contribution in [-0.4, -0.2) is 11.2 Å². The lowest BCUT2D eigenvalue weighted by Gasteiger charge is -2.18. The highest BCUT2D eigenvalue weighted by Crippen LogP contribution is 2.25. The zero-order chi connectivity index (χ0) is 11.0. The highest BCUT2D eigenvalue weighted by atomic mass is 16.3. The SMILES string of the molecule is OC1CCC=C2N=c3ccccc3=CC=C21. The van der Waals surface area contributed by atoms with Crippen LogP contribution in [0.4, 0.5) is 0 Å². The zero-order valence-corrected chi connectivity index (χ0v) is 8.93. The molecule has 0 amide bonds. The molecule has 1 aromatic carbocycles. The summed E-state index contributed by atoms with van der Waals surface area (Å²) in [5.74, 6) is 0. The molecule has 1 aliphatic heterocycles. The Hall–Kier alpha value is -1.67. The van der Waals surface area contributed by atoms with Crippen LogP contribution in [0.25, 0.3) is 6.08 Å². The zero-order valence-electron chi connectivity index (χ0n) is 8.93. The van der Waals surface area contributed by atoms with E-state index >= 15 is 0 Å². The Morgan fingerprint density at radius 3 is 3.00 bits per heavy atom. The third-order valence-electron chi connectivity index (χ3n) is 3.05. The number of rotatable bonds is 0. The van der Waals surface area contributed by atoms with Crippen LogP contribution in [0.5, 0.6) is 0 Å². The molecule has 1 N–H and O–H groups in total. The molecule has 1 atom stereocenters. The Morgan fingerprint density at radius 1 is 1.19 bits per heavy atom. The summed E-state index contributed by atoms with van der Waals surface area (Å²) in [7, 11) is 0. The van der Waals surface area contributed by atoms with Gasteiger partial charge in [0.15, 0.2) is 0 Å². The summed E-state index contributed by atoms with van der Waals surface area (Å²) in [6, 6.07) is 8.04. The molecule has 16 heavy (non-hydrogen) atoms. The third-order valence-corrected chi connectivity index (χ3v) is 3.05. The molecular formula is C14H13NO. The number of aliphatic hydroxyl groups excluding tert-OH is 1. The lowest BCUT2D eigenvalue weighted by Crippen LogP contribution is -2.23. The smallest absolute Gasteiger partial charge is 0.0813 e. The molecule has 1 aliphatic carbocycles. The number of para-hydroxylation sites is 1. The number of aliphatic hydroxyl groups is 1. The molecule has 2 heteroatoms. The van der Waals surface area contributed by atoms with E-state index in [1.54, 1.807) is 0 Å². The molecule has 0 radical (unpaired) electrons. The number of hydrogen-bond acceptors (Lipinski definition) is 2. The molecule has 0 spiro atoms. The van der Waals surface area contributed by atoms with E-state index in [1.807, 2.05) is 36.4 Å². The van der Waals surface area contributed by atoms with Crippen LogP contribution in [0.2, 0.25) is 0 Å². The van der Waals surface area contributed by atoms with Crippen molar-refractivity contribution in [1.29, 1.82) is 0 Å². The summed E-state index contributed by atoms with van der Waals surface area (Å²) in [5, 5.41) is 12.0. The second kappa shape index (κ2) is 3.72. The number of fused-ring (bicyclic) bond motifs is 2. The van der Waals surface area contributed by atoms with E-state index in [-0.39, 0.29) is 6.10 Å². The topological polar surface area (TPSA) is 32.6 Å². The quantitative estimate of drug-likeness (QED) is 0.684. The van der Waals surface area contributed by atoms with E-state index in [9.17, 15) is 5.11 Å². The highest BCUT2D eigenvalue weighted by Gasteiger charge is 2.18. The first-order valence-electron chi connectivity index (χ1n) is 5.59. The lowest BCUT2D eigenvalue weighted by atomic mass is 9.95. The van der Waals surface area contributed by atoms with Crippen molar-refractivity contribution < 1.29 is 5.11 Å². The fourth-order valence-corrected chi connectivity index (χ4v) is 2.17. The molecule has 80 valence electrons.